The number of furan rings is 1. The third-order valence-electron chi connectivity index (χ3n) is 4.18. The molecule has 1 aromatic rings. The standard InChI is InChI=1S/C20H32O4/c1-3-4-5-6-7-8-9-10-11-12-14-24-20(22)17(2)19(21)18-13-15-23-16-18/h13,15-16,19,21H,2-12,14H2,1H3. The van der Waals surface area contributed by atoms with Gasteiger partial charge in [-0.15, -0.1) is 0 Å². The van der Waals surface area contributed by atoms with E-state index in [1.54, 1.807) is 6.07 Å². The molecule has 0 aromatic carbocycles. The zero-order chi connectivity index (χ0) is 17.6. The Bertz CT molecular complexity index is 450. The number of rotatable bonds is 14. The van der Waals surface area contributed by atoms with Crippen LogP contribution >= 0.6 is 0 Å². The number of carbonyl (C=O) groups excluding carboxylic acids is 1. The molecule has 4 heteroatoms. The molecule has 0 radical (unpaired) electrons. The van der Waals surface area contributed by atoms with Crippen molar-refractivity contribution >= 4 is 5.97 Å². The summed E-state index contributed by atoms with van der Waals surface area (Å²) in [5.74, 6) is -0.542. The molecule has 0 fully saturated rings. The van der Waals surface area contributed by atoms with Crippen molar-refractivity contribution in [1.29, 1.82) is 0 Å². The van der Waals surface area contributed by atoms with Gasteiger partial charge in [-0.1, -0.05) is 71.3 Å². The van der Waals surface area contributed by atoms with E-state index in [2.05, 4.69) is 13.5 Å². The van der Waals surface area contributed by atoms with Crippen molar-refractivity contribution in [2.75, 3.05) is 6.61 Å². The minimum Gasteiger partial charge on any atom is -0.472 e. The molecule has 1 unspecified atom stereocenters. The maximum absolute atomic E-state index is 11.8. The summed E-state index contributed by atoms with van der Waals surface area (Å²) in [6.07, 6.45) is 14.1. The molecule has 4 nitrogen and oxygen atoms in total. The zero-order valence-corrected chi connectivity index (χ0v) is 15.0. The molecular formula is C20H32O4. The predicted molar refractivity (Wildman–Crippen MR) is 95.6 cm³/mol. The topological polar surface area (TPSA) is 59.7 Å². The molecule has 1 heterocycles. The molecule has 24 heavy (non-hydrogen) atoms. The van der Waals surface area contributed by atoms with Gasteiger partial charge >= 0.3 is 5.97 Å². The van der Waals surface area contributed by atoms with Gasteiger partial charge in [-0.25, -0.2) is 4.79 Å². The molecular weight excluding hydrogens is 304 g/mol. The van der Waals surface area contributed by atoms with Crippen LogP contribution < -0.4 is 0 Å². The van der Waals surface area contributed by atoms with E-state index in [0.29, 0.717) is 12.2 Å². The normalized spacial score (nSPS) is 12.1. The van der Waals surface area contributed by atoms with Crippen LogP contribution in [0.2, 0.25) is 0 Å². The molecule has 0 aliphatic rings. The molecule has 0 aliphatic carbocycles. The number of hydrogen-bond donors (Lipinski definition) is 1. The lowest BCUT2D eigenvalue weighted by Crippen LogP contribution is -2.14. The highest BCUT2D eigenvalue weighted by molar-refractivity contribution is 5.89. The highest BCUT2D eigenvalue weighted by atomic mass is 16.5. The highest BCUT2D eigenvalue weighted by Crippen LogP contribution is 2.21. The van der Waals surface area contributed by atoms with E-state index >= 15 is 0 Å². The second kappa shape index (κ2) is 12.8. The summed E-state index contributed by atoms with van der Waals surface area (Å²) in [6.45, 7) is 6.23. The van der Waals surface area contributed by atoms with Crippen LogP contribution in [0.1, 0.15) is 82.8 Å². The lowest BCUT2D eigenvalue weighted by atomic mass is 10.1. The molecule has 0 saturated carbocycles. The minimum atomic E-state index is -1.07. The Kier molecular flexibility index (Phi) is 10.9. The first-order chi connectivity index (χ1) is 11.7. The number of ether oxygens (including phenoxy) is 1. The summed E-state index contributed by atoms with van der Waals surface area (Å²) in [7, 11) is 0. The number of esters is 1. The lowest BCUT2D eigenvalue weighted by Gasteiger charge is -2.11. The number of aliphatic hydroxyl groups is 1. The predicted octanol–water partition coefficient (Wildman–Crippen LogP) is 5.33. The van der Waals surface area contributed by atoms with E-state index in [-0.39, 0.29) is 5.57 Å². The van der Waals surface area contributed by atoms with Gasteiger partial charge in [-0.2, -0.15) is 0 Å². The van der Waals surface area contributed by atoms with Crippen LogP contribution in [-0.4, -0.2) is 17.7 Å². The Hall–Kier alpha value is -1.55. The fourth-order valence-electron chi connectivity index (χ4n) is 2.59. The zero-order valence-electron chi connectivity index (χ0n) is 15.0. The molecule has 1 atom stereocenters. The average Bonchev–Trinajstić information content (AvgIpc) is 3.12. The van der Waals surface area contributed by atoms with Crippen LogP contribution in [0.15, 0.2) is 35.2 Å². The summed E-state index contributed by atoms with van der Waals surface area (Å²) in [5, 5.41) is 9.97. The minimum absolute atomic E-state index is 0.0449. The van der Waals surface area contributed by atoms with Crippen LogP contribution in [0.5, 0.6) is 0 Å². The Balaban J connectivity index is 1.99. The molecule has 0 saturated heterocycles. The molecule has 1 N–H and O–H groups in total. The summed E-state index contributed by atoms with van der Waals surface area (Å²) in [4.78, 5) is 11.8. The number of hydrogen-bond acceptors (Lipinski definition) is 4. The Morgan fingerprint density at radius 2 is 1.71 bits per heavy atom. The molecule has 0 amide bonds. The molecule has 1 rings (SSSR count). The molecule has 136 valence electrons. The van der Waals surface area contributed by atoms with Gasteiger partial charge in [0.1, 0.15) is 6.10 Å². The van der Waals surface area contributed by atoms with E-state index < -0.39 is 12.1 Å². The van der Waals surface area contributed by atoms with E-state index in [1.165, 1.54) is 63.9 Å². The van der Waals surface area contributed by atoms with E-state index in [0.717, 1.165) is 12.8 Å². The first kappa shape index (κ1) is 20.5. The number of carbonyl (C=O) groups is 1. The molecule has 1 aromatic heterocycles. The fourth-order valence-corrected chi connectivity index (χ4v) is 2.59. The smallest absolute Gasteiger partial charge is 0.336 e. The highest BCUT2D eigenvalue weighted by Gasteiger charge is 2.20. The molecule has 0 bridgehead atoms. The van der Waals surface area contributed by atoms with Gasteiger partial charge < -0.3 is 14.3 Å². The van der Waals surface area contributed by atoms with Gasteiger partial charge in [0.05, 0.1) is 24.7 Å². The fraction of sp³-hybridized carbons (Fsp3) is 0.650. The second-order valence-corrected chi connectivity index (χ2v) is 6.30. The van der Waals surface area contributed by atoms with Crippen molar-refractivity contribution in [2.45, 2.75) is 77.2 Å². The quantitative estimate of drug-likeness (QED) is 0.283. The Morgan fingerprint density at radius 3 is 2.25 bits per heavy atom. The average molecular weight is 336 g/mol. The van der Waals surface area contributed by atoms with Crippen LogP contribution in [0.25, 0.3) is 0 Å². The first-order valence-electron chi connectivity index (χ1n) is 9.23. The van der Waals surface area contributed by atoms with Gasteiger partial charge in [0.2, 0.25) is 0 Å². The van der Waals surface area contributed by atoms with Crippen LogP contribution in [-0.2, 0) is 9.53 Å². The van der Waals surface area contributed by atoms with Crippen molar-refractivity contribution in [2.24, 2.45) is 0 Å². The van der Waals surface area contributed by atoms with Gasteiger partial charge in [-0.05, 0) is 12.5 Å². The molecule has 0 spiro atoms. The maximum Gasteiger partial charge on any atom is 0.336 e. The second-order valence-electron chi connectivity index (χ2n) is 6.30. The van der Waals surface area contributed by atoms with E-state index in [1.807, 2.05) is 0 Å². The lowest BCUT2D eigenvalue weighted by molar-refractivity contribution is -0.140. The van der Waals surface area contributed by atoms with Crippen LogP contribution in [0.4, 0.5) is 0 Å². The van der Waals surface area contributed by atoms with Gasteiger partial charge in [0.25, 0.3) is 0 Å². The van der Waals surface area contributed by atoms with Crippen molar-refractivity contribution in [3.05, 3.63) is 36.3 Å². The van der Waals surface area contributed by atoms with Crippen molar-refractivity contribution in [3.8, 4) is 0 Å². The third kappa shape index (κ3) is 8.34. The third-order valence-corrected chi connectivity index (χ3v) is 4.18. The van der Waals surface area contributed by atoms with Crippen LogP contribution in [0, 0.1) is 0 Å². The Labute approximate surface area is 145 Å². The maximum atomic E-state index is 11.8. The summed E-state index contributed by atoms with van der Waals surface area (Å²) in [6, 6.07) is 1.60. The first-order valence-corrected chi connectivity index (χ1v) is 9.23. The van der Waals surface area contributed by atoms with Crippen molar-refractivity contribution in [3.63, 3.8) is 0 Å². The largest absolute Gasteiger partial charge is 0.472 e. The summed E-state index contributed by atoms with van der Waals surface area (Å²) < 4.78 is 10.1. The van der Waals surface area contributed by atoms with Gasteiger partial charge in [0, 0.05) is 5.56 Å². The monoisotopic (exact) mass is 336 g/mol. The number of unbranched alkanes of at least 4 members (excludes halogenated alkanes) is 9. The van der Waals surface area contributed by atoms with Crippen LogP contribution in [0.3, 0.4) is 0 Å². The summed E-state index contributed by atoms with van der Waals surface area (Å²) in [5.41, 5.74) is 0.555. The SMILES string of the molecule is C=C(C(=O)OCCCCCCCCCCCC)C(O)c1ccoc1. The van der Waals surface area contributed by atoms with E-state index in [9.17, 15) is 9.90 Å². The van der Waals surface area contributed by atoms with Gasteiger partial charge in [0.15, 0.2) is 0 Å². The van der Waals surface area contributed by atoms with E-state index in [4.69, 9.17) is 9.15 Å². The van der Waals surface area contributed by atoms with Gasteiger partial charge in [-0.3, -0.25) is 0 Å². The van der Waals surface area contributed by atoms with Crippen molar-refractivity contribution in [1.82, 2.24) is 0 Å². The molecule has 0 aliphatic heterocycles. The number of aliphatic hydroxyl groups excluding tert-OH is 1. The van der Waals surface area contributed by atoms with Crippen molar-refractivity contribution < 1.29 is 19.1 Å². The Morgan fingerprint density at radius 1 is 1.12 bits per heavy atom. The summed E-state index contributed by atoms with van der Waals surface area (Å²) >= 11 is 0.